The van der Waals surface area contributed by atoms with E-state index >= 15 is 0 Å². The standard InChI is InChI=1S/C10H19NO3/c1-10(2,3)8(12)4-6-14-7-5-9(11)13/h4-7H2,1-3H3,(H2,11,13). The molecule has 0 spiro atoms. The molecule has 0 aliphatic heterocycles. The van der Waals surface area contributed by atoms with Crippen LogP contribution in [0.5, 0.6) is 0 Å². The van der Waals surface area contributed by atoms with E-state index < -0.39 is 0 Å². The first-order valence-corrected chi connectivity index (χ1v) is 4.73. The third-order valence-corrected chi connectivity index (χ3v) is 1.80. The van der Waals surface area contributed by atoms with E-state index in [0.717, 1.165) is 0 Å². The van der Waals surface area contributed by atoms with Gasteiger partial charge in [0, 0.05) is 18.3 Å². The molecule has 0 heterocycles. The van der Waals surface area contributed by atoms with Gasteiger partial charge in [-0.05, 0) is 0 Å². The van der Waals surface area contributed by atoms with Crippen LogP contribution in [0.1, 0.15) is 33.6 Å². The van der Waals surface area contributed by atoms with Gasteiger partial charge in [0.25, 0.3) is 0 Å². The number of carbonyl (C=O) groups excluding carboxylic acids is 2. The van der Waals surface area contributed by atoms with Crippen molar-refractivity contribution in [3.63, 3.8) is 0 Å². The van der Waals surface area contributed by atoms with E-state index in [4.69, 9.17) is 10.5 Å². The Bertz CT molecular complexity index is 206. The van der Waals surface area contributed by atoms with Crippen LogP contribution in [0.15, 0.2) is 0 Å². The van der Waals surface area contributed by atoms with Crippen LogP contribution in [0, 0.1) is 5.41 Å². The van der Waals surface area contributed by atoms with Gasteiger partial charge in [0.1, 0.15) is 5.78 Å². The van der Waals surface area contributed by atoms with Gasteiger partial charge in [-0.3, -0.25) is 9.59 Å². The lowest BCUT2D eigenvalue weighted by molar-refractivity contribution is -0.127. The zero-order valence-corrected chi connectivity index (χ0v) is 9.13. The number of hydrogen-bond acceptors (Lipinski definition) is 3. The van der Waals surface area contributed by atoms with Gasteiger partial charge in [0.15, 0.2) is 0 Å². The maximum absolute atomic E-state index is 11.4. The normalized spacial score (nSPS) is 11.4. The van der Waals surface area contributed by atoms with Crippen LogP contribution in [-0.2, 0) is 14.3 Å². The summed E-state index contributed by atoms with van der Waals surface area (Å²) in [7, 11) is 0. The molecule has 0 unspecified atom stereocenters. The first kappa shape index (κ1) is 13.1. The van der Waals surface area contributed by atoms with Crippen molar-refractivity contribution in [3.05, 3.63) is 0 Å². The average Bonchev–Trinajstić information content (AvgIpc) is 2.01. The van der Waals surface area contributed by atoms with Gasteiger partial charge >= 0.3 is 0 Å². The first-order chi connectivity index (χ1) is 6.34. The molecule has 0 saturated heterocycles. The van der Waals surface area contributed by atoms with Crippen molar-refractivity contribution in [1.29, 1.82) is 0 Å². The predicted molar refractivity (Wildman–Crippen MR) is 53.7 cm³/mol. The quantitative estimate of drug-likeness (QED) is 0.649. The first-order valence-electron chi connectivity index (χ1n) is 4.73. The average molecular weight is 201 g/mol. The lowest BCUT2D eigenvalue weighted by Crippen LogP contribution is -2.22. The highest BCUT2D eigenvalue weighted by atomic mass is 16.5. The molecule has 1 amide bonds. The largest absolute Gasteiger partial charge is 0.380 e. The van der Waals surface area contributed by atoms with Crippen molar-refractivity contribution >= 4 is 11.7 Å². The molecule has 4 heteroatoms. The van der Waals surface area contributed by atoms with E-state index in [2.05, 4.69) is 0 Å². The number of ketones is 1. The van der Waals surface area contributed by atoms with Crippen LogP contribution < -0.4 is 5.73 Å². The topological polar surface area (TPSA) is 69.4 Å². The van der Waals surface area contributed by atoms with Crippen molar-refractivity contribution in [2.45, 2.75) is 33.6 Å². The molecule has 0 aliphatic rings. The molecular weight excluding hydrogens is 182 g/mol. The Morgan fingerprint density at radius 1 is 1.14 bits per heavy atom. The lowest BCUT2D eigenvalue weighted by Gasteiger charge is -2.16. The molecule has 0 rings (SSSR count). The number of primary amides is 1. The van der Waals surface area contributed by atoms with Gasteiger partial charge in [-0.15, -0.1) is 0 Å². The highest BCUT2D eigenvalue weighted by molar-refractivity contribution is 5.83. The Hall–Kier alpha value is -0.900. The highest BCUT2D eigenvalue weighted by Gasteiger charge is 2.20. The Morgan fingerprint density at radius 2 is 1.64 bits per heavy atom. The summed E-state index contributed by atoms with van der Waals surface area (Å²) in [5, 5.41) is 0. The Labute approximate surface area is 84.8 Å². The highest BCUT2D eigenvalue weighted by Crippen LogP contribution is 2.16. The van der Waals surface area contributed by atoms with Crippen LogP contribution in [0.25, 0.3) is 0 Å². The second kappa shape index (κ2) is 5.75. The van der Waals surface area contributed by atoms with Crippen molar-refractivity contribution < 1.29 is 14.3 Å². The monoisotopic (exact) mass is 201 g/mol. The van der Waals surface area contributed by atoms with Crippen LogP contribution in [0.2, 0.25) is 0 Å². The number of Topliss-reactive ketones (excluding diaryl/α,β-unsaturated/α-hetero) is 1. The van der Waals surface area contributed by atoms with E-state index in [9.17, 15) is 9.59 Å². The number of rotatable bonds is 6. The van der Waals surface area contributed by atoms with Crippen molar-refractivity contribution in [2.24, 2.45) is 11.1 Å². The fourth-order valence-corrected chi connectivity index (χ4v) is 0.815. The maximum atomic E-state index is 11.4. The minimum absolute atomic E-state index is 0.163. The summed E-state index contributed by atoms with van der Waals surface area (Å²) in [5.74, 6) is -0.219. The molecule has 82 valence electrons. The van der Waals surface area contributed by atoms with Gasteiger partial charge in [-0.2, -0.15) is 0 Å². The van der Waals surface area contributed by atoms with Gasteiger partial charge in [-0.25, -0.2) is 0 Å². The maximum Gasteiger partial charge on any atom is 0.219 e. The second-order valence-electron chi connectivity index (χ2n) is 4.25. The van der Waals surface area contributed by atoms with E-state index in [1.165, 1.54) is 0 Å². The molecule has 0 aliphatic carbocycles. The second-order valence-corrected chi connectivity index (χ2v) is 4.25. The van der Waals surface area contributed by atoms with Gasteiger partial charge in [0.2, 0.25) is 5.91 Å². The van der Waals surface area contributed by atoms with Crippen molar-refractivity contribution in [3.8, 4) is 0 Å². The minimum atomic E-state index is -0.382. The van der Waals surface area contributed by atoms with E-state index in [1.807, 2.05) is 20.8 Å². The molecule has 0 aromatic carbocycles. The number of nitrogens with two attached hydrogens (primary N) is 1. The fourth-order valence-electron chi connectivity index (χ4n) is 0.815. The molecule has 0 atom stereocenters. The smallest absolute Gasteiger partial charge is 0.219 e. The SMILES string of the molecule is CC(C)(C)C(=O)CCOCCC(N)=O. The Morgan fingerprint density at radius 3 is 2.07 bits per heavy atom. The molecular formula is C10H19NO3. The number of hydrogen-bond donors (Lipinski definition) is 1. The number of ether oxygens (including phenoxy) is 1. The van der Waals surface area contributed by atoms with Crippen LogP contribution in [0.4, 0.5) is 0 Å². The van der Waals surface area contributed by atoms with Gasteiger partial charge < -0.3 is 10.5 Å². The zero-order chi connectivity index (χ0) is 11.2. The summed E-state index contributed by atoms with van der Waals surface area (Å²) in [4.78, 5) is 21.7. The fraction of sp³-hybridized carbons (Fsp3) is 0.800. The van der Waals surface area contributed by atoms with Crippen LogP contribution in [-0.4, -0.2) is 24.9 Å². The van der Waals surface area contributed by atoms with Crippen LogP contribution >= 0.6 is 0 Å². The van der Waals surface area contributed by atoms with Gasteiger partial charge in [-0.1, -0.05) is 20.8 Å². The molecule has 4 nitrogen and oxygen atoms in total. The molecule has 0 fully saturated rings. The van der Waals surface area contributed by atoms with Crippen molar-refractivity contribution in [2.75, 3.05) is 13.2 Å². The molecule has 0 saturated carbocycles. The number of amides is 1. The Balaban J connectivity index is 3.46. The number of carbonyl (C=O) groups is 2. The molecule has 0 bridgehead atoms. The summed E-state index contributed by atoms with van der Waals surface area (Å²) in [6.45, 7) is 6.28. The summed E-state index contributed by atoms with van der Waals surface area (Å²) < 4.78 is 5.09. The van der Waals surface area contributed by atoms with Crippen molar-refractivity contribution in [1.82, 2.24) is 0 Å². The zero-order valence-electron chi connectivity index (χ0n) is 9.13. The summed E-state index contributed by atoms with van der Waals surface area (Å²) >= 11 is 0. The third kappa shape index (κ3) is 6.60. The molecule has 2 N–H and O–H groups in total. The summed E-state index contributed by atoms with van der Waals surface area (Å²) in [6.07, 6.45) is 0.603. The van der Waals surface area contributed by atoms with Crippen LogP contribution in [0.3, 0.4) is 0 Å². The molecule has 0 aromatic rings. The predicted octanol–water partition coefficient (Wildman–Crippen LogP) is 0.884. The molecule has 0 radical (unpaired) electrons. The van der Waals surface area contributed by atoms with Gasteiger partial charge in [0.05, 0.1) is 13.2 Å². The Kier molecular flexibility index (Phi) is 5.38. The minimum Gasteiger partial charge on any atom is -0.380 e. The summed E-state index contributed by atoms with van der Waals surface area (Å²) in [6, 6.07) is 0. The van der Waals surface area contributed by atoms with E-state index in [0.29, 0.717) is 19.6 Å². The molecule has 14 heavy (non-hydrogen) atoms. The molecule has 0 aromatic heterocycles. The van der Waals surface area contributed by atoms with E-state index in [-0.39, 0.29) is 23.5 Å². The third-order valence-electron chi connectivity index (χ3n) is 1.80. The summed E-state index contributed by atoms with van der Waals surface area (Å²) in [5.41, 5.74) is 4.61. The lowest BCUT2D eigenvalue weighted by atomic mass is 9.89. The van der Waals surface area contributed by atoms with E-state index in [1.54, 1.807) is 0 Å².